The fourth-order valence-electron chi connectivity index (χ4n) is 3.28. The zero-order valence-corrected chi connectivity index (χ0v) is 15.5. The maximum atomic E-state index is 12.8. The van der Waals surface area contributed by atoms with E-state index in [1.165, 1.54) is 11.3 Å². The van der Waals surface area contributed by atoms with Crippen LogP contribution in [0.15, 0.2) is 35.7 Å². The summed E-state index contributed by atoms with van der Waals surface area (Å²) in [5.41, 5.74) is 0.545. The summed E-state index contributed by atoms with van der Waals surface area (Å²) in [6.45, 7) is -0.378. The molecule has 2 aromatic rings. The molecule has 1 saturated carbocycles. The molecule has 3 rings (SSSR count). The Morgan fingerprint density at radius 2 is 1.92 bits per heavy atom. The fourth-order valence-corrected chi connectivity index (χ4v) is 4.16. The van der Waals surface area contributed by atoms with E-state index in [-0.39, 0.29) is 12.6 Å². The number of halogens is 1. The topological polar surface area (TPSA) is 79.2 Å². The molecule has 7 heteroatoms. The number of benzene rings is 1. The first-order chi connectivity index (χ1) is 12.5. The Morgan fingerprint density at radius 3 is 2.58 bits per heavy atom. The molecule has 1 aliphatic carbocycles. The van der Waals surface area contributed by atoms with Crippen molar-refractivity contribution < 1.29 is 14.3 Å². The molecule has 0 saturated heterocycles. The van der Waals surface area contributed by atoms with Crippen molar-refractivity contribution in [1.82, 2.24) is 0 Å². The smallest absolute Gasteiger partial charge is 0.317 e. The normalized spacial score (nSPS) is 15.2. The molecule has 1 aromatic heterocycles. The zero-order valence-electron chi connectivity index (χ0n) is 14.0. The standard InChI is InChI=1S/C19H17ClN2O3S/c20-15-5-3-14(4-6-15)19(8-1-2-9-19)18(24)25-12-16(23)22-17-13(11-21)7-10-26-17/h3-7,10H,1-2,8-9,12H2,(H,22,23). The van der Waals surface area contributed by atoms with Gasteiger partial charge in [-0.15, -0.1) is 11.3 Å². The van der Waals surface area contributed by atoms with Crippen molar-refractivity contribution in [2.24, 2.45) is 0 Å². The molecule has 1 heterocycles. The van der Waals surface area contributed by atoms with Gasteiger partial charge in [0.2, 0.25) is 0 Å². The van der Waals surface area contributed by atoms with Crippen LogP contribution in [0, 0.1) is 11.3 Å². The highest BCUT2D eigenvalue weighted by Gasteiger charge is 2.44. The van der Waals surface area contributed by atoms with Gasteiger partial charge in [0, 0.05) is 5.02 Å². The number of hydrogen-bond donors (Lipinski definition) is 1. The lowest BCUT2D eigenvalue weighted by Crippen LogP contribution is -2.36. The van der Waals surface area contributed by atoms with Crippen molar-refractivity contribution in [2.75, 3.05) is 11.9 Å². The molecule has 1 aromatic carbocycles. The number of thiophene rings is 1. The first-order valence-electron chi connectivity index (χ1n) is 8.26. The molecule has 5 nitrogen and oxygen atoms in total. The van der Waals surface area contributed by atoms with Gasteiger partial charge in [-0.1, -0.05) is 36.6 Å². The van der Waals surface area contributed by atoms with Gasteiger partial charge in [0.15, 0.2) is 6.61 Å². The molecule has 1 N–H and O–H groups in total. The Bertz CT molecular complexity index is 848. The molecular weight excluding hydrogens is 372 g/mol. The van der Waals surface area contributed by atoms with E-state index in [9.17, 15) is 9.59 Å². The zero-order chi connectivity index (χ0) is 18.6. The predicted octanol–water partition coefficient (Wildman–Crippen LogP) is 4.27. The molecule has 0 atom stereocenters. The van der Waals surface area contributed by atoms with E-state index in [0.717, 1.165) is 18.4 Å². The number of nitrogens with zero attached hydrogens (tertiary/aromatic N) is 1. The van der Waals surface area contributed by atoms with Crippen molar-refractivity contribution in [3.63, 3.8) is 0 Å². The number of carbonyl (C=O) groups is 2. The fraction of sp³-hybridized carbons (Fsp3) is 0.316. The van der Waals surface area contributed by atoms with Crippen molar-refractivity contribution in [2.45, 2.75) is 31.1 Å². The van der Waals surface area contributed by atoms with Crippen LogP contribution in [0.3, 0.4) is 0 Å². The second-order valence-electron chi connectivity index (χ2n) is 6.20. The highest BCUT2D eigenvalue weighted by molar-refractivity contribution is 7.14. The highest BCUT2D eigenvalue weighted by Crippen LogP contribution is 2.42. The summed E-state index contributed by atoms with van der Waals surface area (Å²) < 4.78 is 5.34. The third kappa shape index (κ3) is 3.74. The van der Waals surface area contributed by atoms with E-state index in [0.29, 0.717) is 28.4 Å². The minimum atomic E-state index is -0.717. The first-order valence-corrected chi connectivity index (χ1v) is 9.52. The third-order valence-electron chi connectivity index (χ3n) is 4.62. The summed E-state index contributed by atoms with van der Waals surface area (Å²) in [5, 5.41) is 14.4. The Hall–Kier alpha value is -2.36. The van der Waals surface area contributed by atoms with Crippen LogP contribution in [0.1, 0.15) is 36.8 Å². The van der Waals surface area contributed by atoms with Crippen molar-refractivity contribution in [3.05, 3.63) is 51.9 Å². The number of hydrogen-bond acceptors (Lipinski definition) is 5. The summed E-state index contributed by atoms with van der Waals surface area (Å²) in [6.07, 6.45) is 3.26. The minimum absolute atomic E-state index is 0.378. The van der Waals surface area contributed by atoms with Gasteiger partial charge in [0.05, 0.1) is 11.0 Å². The number of nitrogens with one attached hydrogen (secondary N) is 1. The number of nitriles is 1. The SMILES string of the molecule is N#Cc1ccsc1NC(=O)COC(=O)C1(c2ccc(Cl)cc2)CCCC1. The average molecular weight is 389 g/mol. The molecule has 1 aliphatic rings. The maximum Gasteiger partial charge on any atom is 0.317 e. The van der Waals surface area contributed by atoms with Crippen LogP contribution in [0.4, 0.5) is 5.00 Å². The summed E-state index contributed by atoms with van der Waals surface area (Å²) in [7, 11) is 0. The Kier molecular flexibility index (Phi) is 5.60. The molecular formula is C19H17ClN2O3S. The molecule has 26 heavy (non-hydrogen) atoms. The van der Waals surface area contributed by atoms with E-state index in [1.54, 1.807) is 23.6 Å². The summed E-state index contributed by atoms with van der Waals surface area (Å²) in [5.74, 6) is -0.847. The van der Waals surface area contributed by atoms with Gasteiger partial charge in [0.1, 0.15) is 11.1 Å². The van der Waals surface area contributed by atoms with Crippen LogP contribution >= 0.6 is 22.9 Å². The van der Waals surface area contributed by atoms with Gasteiger partial charge in [0.25, 0.3) is 5.91 Å². The van der Waals surface area contributed by atoms with E-state index >= 15 is 0 Å². The van der Waals surface area contributed by atoms with Crippen LogP contribution in [0.5, 0.6) is 0 Å². The van der Waals surface area contributed by atoms with Crippen LogP contribution in [-0.2, 0) is 19.7 Å². The van der Waals surface area contributed by atoms with Crippen LogP contribution in [0.25, 0.3) is 0 Å². The molecule has 0 spiro atoms. The Morgan fingerprint density at radius 1 is 1.23 bits per heavy atom. The lowest BCUT2D eigenvalue weighted by molar-refractivity contribution is -0.153. The van der Waals surface area contributed by atoms with Gasteiger partial charge >= 0.3 is 5.97 Å². The van der Waals surface area contributed by atoms with E-state index in [2.05, 4.69) is 5.32 Å². The maximum absolute atomic E-state index is 12.8. The number of carbonyl (C=O) groups excluding carboxylic acids is 2. The van der Waals surface area contributed by atoms with E-state index < -0.39 is 11.3 Å². The van der Waals surface area contributed by atoms with Crippen molar-refractivity contribution in [3.8, 4) is 6.07 Å². The number of anilines is 1. The van der Waals surface area contributed by atoms with Gasteiger partial charge in [-0.25, -0.2) is 0 Å². The van der Waals surface area contributed by atoms with Gasteiger partial charge in [-0.05, 0) is 42.0 Å². The summed E-state index contributed by atoms with van der Waals surface area (Å²) in [4.78, 5) is 24.9. The number of rotatable bonds is 5. The second kappa shape index (κ2) is 7.90. The van der Waals surface area contributed by atoms with E-state index in [4.69, 9.17) is 21.6 Å². The Labute approximate surface area is 160 Å². The second-order valence-corrected chi connectivity index (χ2v) is 7.55. The molecule has 0 bridgehead atoms. The highest BCUT2D eigenvalue weighted by atomic mass is 35.5. The molecule has 0 unspecified atom stereocenters. The average Bonchev–Trinajstić information content (AvgIpc) is 3.30. The lowest BCUT2D eigenvalue weighted by Gasteiger charge is -2.27. The first kappa shape index (κ1) is 18.4. The molecule has 0 aliphatic heterocycles. The third-order valence-corrected chi connectivity index (χ3v) is 5.70. The molecule has 134 valence electrons. The minimum Gasteiger partial charge on any atom is -0.455 e. The summed E-state index contributed by atoms with van der Waals surface area (Å²) >= 11 is 7.20. The summed E-state index contributed by atoms with van der Waals surface area (Å²) in [6, 6.07) is 10.8. The van der Waals surface area contributed by atoms with Crippen molar-refractivity contribution in [1.29, 1.82) is 5.26 Å². The number of amides is 1. The number of ether oxygens (including phenoxy) is 1. The predicted molar refractivity (Wildman–Crippen MR) is 100 cm³/mol. The molecule has 1 amide bonds. The number of esters is 1. The molecule has 1 fully saturated rings. The molecule has 0 radical (unpaired) electrons. The van der Waals surface area contributed by atoms with Crippen LogP contribution in [-0.4, -0.2) is 18.5 Å². The van der Waals surface area contributed by atoms with E-state index in [1.807, 2.05) is 18.2 Å². The lowest BCUT2D eigenvalue weighted by atomic mass is 9.79. The van der Waals surface area contributed by atoms with Crippen LogP contribution < -0.4 is 5.32 Å². The monoisotopic (exact) mass is 388 g/mol. The Balaban J connectivity index is 1.66. The largest absolute Gasteiger partial charge is 0.455 e. The van der Waals surface area contributed by atoms with Gasteiger partial charge in [-0.3, -0.25) is 9.59 Å². The van der Waals surface area contributed by atoms with Crippen molar-refractivity contribution >= 4 is 39.8 Å². The quantitative estimate of drug-likeness (QED) is 0.776. The van der Waals surface area contributed by atoms with Gasteiger partial charge in [-0.2, -0.15) is 5.26 Å². The van der Waals surface area contributed by atoms with Crippen LogP contribution in [0.2, 0.25) is 5.02 Å². The van der Waals surface area contributed by atoms with Gasteiger partial charge < -0.3 is 10.1 Å².